The minimum atomic E-state index is -0.283. The number of hydrogen-bond acceptors (Lipinski definition) is 5. The molecule has 0 spiro atoms. The number of halogens is 1. The lowest BCUT2D eigenvalue weighted by Crippen LogP contribution is -2.27. The molecule has 0 saturated carbocycles. The number of hydrogen-bond donors (Lipinski definition) is 2. The van der Waals surface area contributed by atoms with Crippen LogP contribution in [0.25, 0.3) is 0 Å². The van der Waals surface area contributed by atoms with E-state index >= 15 is 0 Å². The lowest BCUT2D eigenvalue weighted by molar-refractivity contribution is -0.120. The number of amides is 2. The zero-order chi connectivity index (χ0) is 21.3. The molecule has 0 unspecified atom stereocenters. The molecule has 1 aromatic carbocycles. The second kappa shape index (κ2) is 11.5. The summed E-state index contributed by atoms with van der Waals surface area (Å²) in [4.78, 5) is 26.5. The molecule has 1 aromatic heterocycles. The number of ether oxygens (including phenoxy) is 2. The molecule has 0 saturated heterocycles. The van der Waals surface area contributed by atoms with Crippen LogP contribution in [-0.4, -0.2) is 38.7 Å². The molecule has 6 nitrogen and oxygen atoms in total. The third kappa shape index (κ3) is 6.04. The highest BCUT2D eigenvalue weighted by Crippen LogP contribution is 2.38. The predicted octanol–water partition coefficient (Wildman–Crippen LogP) is 4.20. The summed E-state index contributed by atoms with van der Waals surface area (Å²) in [5.41, 5.74) is 2.50. The number of carbonyl (C=O) groups excluding carboxylic acids is 2. The van der Waals surface area contributed by atoms with Crippen LogP contribution in [0.2, 0.25) is 5.02 Å². The average molecular weight is 451 g/mol. The Hall–Kier alpha value is -1.93. The normalized spacial score (nSPS) is 13.0. The molecule has 30 heavy (non-hydrogen) atoms. The molecule has 1 heterocycles. The number of methoxy groups -OCH3 is 1. The highest BCUT2D eigenvalue weighted by Gasteiger charge is 2.26. The third-order valence-corrected chi connectivity index (χ3v) is 6.49. The zero-order valence-electron chi connectivity index (χ0n) is 17.1. The van der Waals surface area contributed by atoms with Gasteiger partial charge in [0.2, 0.25) is 0 Å². The van der Waals surface area contributed by atoms with E-state index in [4.69, 9.17) is 21.1 Å². The molecule has 0 radical (unpaired) electrons. The van der Waals surface area contributed by atoms with Crippen LogP contribution in [0, 0.1) is 0 Å². The highest BCUT2D eigenvalue weighted by atomic mass is 35.5. The molecule has 0 aliphatic heterocycles. The first-order valence-corrected chi connectivity index (χ1v) is 11.3. The average Bonchev–Trinajstić information content (AvgIpc) is 3.10. The zero-order valence-corrected chi connectivity index (χ0v) is 18.7. The Morgan fingerprint density at radius 1 is 1.20 bits per heavy atom. The van der Waals surface area contributed by atoms with Crippen molar-refractivity contribution in [3.05, 3.63) is 50.9 Å². The van der Waals surface area contributed by atoms with Crippen LogP contribution in [0.5, 0.6) is 0 Å². The van der Waals surface area contributed by atoms with Crippen molar-refractivity contribution in [1.29, 1.82) is 0 Å². The Kier molecular flexibility index (Phi) is 8.69. The van der Waals surface area contributed by atoms with E-state index in [1.54, 1.807) is 13.2 Å². The number of rotatable bonds is 10. The van der Waals surface area contributed by atoms with Gasteiger partial charge in [-0.15, -0.1) is 11.3 Å². The number of carbonyl (C=O) groups is 2. The molecular formula is C22H27ClN2O4S. The summed E-state index contributed by atoms with van der Waals surface area (Å²) in [6.07, 6.45) is 4.72. The summed E-state index contributed by atoms with van der Waals surface area (Å²) in [5, 5.41) is 7.05. The van der Waals surface area contributed by atoms with E-state index in [1.807, 2.05) is 18.2 Å². The van der Waals surface area contributed by atoms with Crippen molar-refractivity contribution in [2.24, 2.45) is 0 Å². The summed E-state index contributed by atoms with van der Waals surface area (Å²) in [7, 11) is 1.64. The van der Waals surface area contributed by atoms with Gasteiger partial charge in [-0.25, -0.2) is 0 Å². The van der Waals surface area contributed by atoms with Crippen molar-refractivity contribution in [3.8, 4) is 0 Å². The van der Waals surface area contributed by atoms with Crippen molar-refractivity contribution in [3.63, 3.8) is 0 Å². The minimum Gasteiger partial charge on any atom is -0.385 e. The minimum absolute atomic E-state index is 0.108. The summed E-state index contributed by atoms with van der Waals surface area (Å²) >= 11 is 7.61. The molecule has 3 rings (SSSR count). The lowest BCUT2D eigenvalue weighted by Gasteiger charge is -2.13. The van der Waals surface area contributed by atoms with Gasteiger partial charge >= 0.3 is 0 Å². The van der Waals surface area contributed by atoms with Gasteiger partial charge in [-0.3, -0.25) is 9.59 Å². The number of fused-ring (bicyclic) bond motifs is 1. The molecule has 1 aliphatic carbocycles. The molecule has 0 bridgehead atoms. The van der Waals surface area contributed by atoms with Gasteiger partial charge in [0.1, 0.15) is 11.6 Å². The van der Waals surface area contributed by atoms with Crippen LogP contribution in [-0.2, 0) is 33.7 Å². The van der Waals surface area contributed by atoms with Crippen LogP contribution in [0.15, 0.2) is 24.3 Å². The van der Waals surface area contributed by atoms with Crippen molar-refractivity contribution in [1.82, 2.24) is 5.32 Å². The van der Waals surface area contributed by atoms with Crippen molar-refractivity contribution < 1.29 is 19.1 Å². The molecule has 0 atom stereocenters. The van der Waals surface area contributed by atoms with Gasteiger partial charge in [0, 0.05) is 30.2 Å². The number of benzene rings is 1. The number of aryl methyl sites for hydroxylation is 1. The van der Waals surface area contributed by atoms with Crippen LogP contribution in [0.1, 0.15) is 45.6 Å². The van der Waals surface area contributed by atoms with Crippen LogP contribution >= 0.6 is 22.9 Å². The van der Waals surface area contributed by atoms with E-state index in [-0.39, 0.29) is 25.0 Å². The second-order valence-electron chi connectivity index (χ2n) is 7.15. The van der Waals surface area contributed by atoms with Crippen LogP contribution in [0.3, 0.4) is 0 Å². The van der Waals surface area contributed by atoms with E-state index in [0.29, 0.717) is 28.7 Å². The van der Waals surface area contributed by atoms with Crippen LogP contribution < -0.4 is 10.6 Å². The van der Waals surface area contributed by atoms with E-state index in [9.17, 15) is 9.59 Å². The van der Waals surface area contributed by atoms with Gasteiger partial charge in [0.05, 0.1) is 12.2 Å². The fourth-order valence-corrected chi connectivity index (χ4v) is 4.93. The largest absolute Gasteiger partial charge is 0.385 e. The standard InChI is InChI=1S/C22H27ClN2O4S/c1-28-12-6-11-24-21(27)20-16-8-3-5-10-18(16)30-22(20)25-19(26)14-29-13-15-7-2-4-9-17(15)23/h2,4,7,9H,3,5-6,8,10-14H2,1H3,(H,24,27)(H,25,26). The summed E-state index contributed by atoms with van der Waals surface area (Å²) in [6, 6.07) is 7.37. The van der Waals surface area contributed by atoms with E-state index in [0.717, 1.165) is 43.2 Å². The van der Waals surface area contributed by atoms with Crippen molar-refractivity contribution >= 4 is 39.8 Å². The Balaban J connectivity index is 1.62. The van der Waals surface area contributed by atoms with Gasteiger partial charge in [0.15, 0.2) is 0 Å². The fourth-order valence-electron chi connectivity index (χ4n) is 3.43. The van der Waals surface area contributed by atoms with E-state index < -0.39 is 0 Å². The van der Waals surface area contributed by atoms with Gasteiger partial charge in [-0.1, -0.05) is 29.8 Å². The monoisotopic (exact) mass is 450 g/mol. The molecule has 8 heteroatoms. The summed E-state index contributed by atoms with van der Waals surface area (Å²) in [6.45, 7) is 1.27. The summed E-state index contributed by atoms with van der Waals surface area (Å²) in [5.74, 6) is -0.424. The quantitative estimate of drug-likeness (QED) is 0.532. The van der Waals surface area contributed by atoms with Gasteiger partial charge in [-0.2, -0.15) is 0 Å². The van der Waals surface area contributed by atoms with Crippen LogP contribution in [0.4, 0.5) is 5.00 Å². The first-order chi connectivity index (χ1) is 14.6. The SMILES string of the molecule is COCCCNC(=O)c1c(NC(=O)COCc2ccccc2Cl)sc2c1CCCC2. The Morgan fingerprint density at radius 2 is 2.00 bits per heavy atom. The highest BCUT2D eigenvalue weighted by molar-refractivity contribution is 7.17. The molecule has 0 fully saturated rings. The fraction of sp³-hybridized carbons (Fsp3) is 0.455. The van der Waals surface area contributed by atoms with Crippen molar-refractivity contribution in [2.75, 3.05) is 32.2 Å². The molecule has 2 aromatic rings. The maximum atomic E-state index is 12.8. The molecule has 1 aliphatic rings. The van der Waals surface area contributed by atoms with Crippen molar-refractivity contribution in [2.45, 2.75) is 38.7 Å². The van der Waals surface area contributed by atoms with E-state index in [1.165, 1.54) is 16.2 Å². The molecule has 2 amide bonds. The maximum Gasteiger partial charge on any atom is 0.254 e. The first-order valence-electron chi connectivity index (χ1n) is 10.1. The third-order valence-electron chi connectivity index (χ3n) is 4.91. The molecular weight excluding hydrogens is 424 g/mol. The molecule has 2 N–H and O–H groups in total. The second-order valence-corrected chi connectivity index (χ2v) is 8.66. The predicted molar refractivity (Wildman–Crippen MR) is 120 cm³/mol. The number of anilines is 1. The summed E-state index contributed by atoms with van der Waals surface area (Å²) < 4.78 is 10.6. The first kappa shape index (κ1) is 22.7. The number of nitrogens with one attached hydrogen (secondary N) is 2. The number of thiophene rings is 1. The topological polar surface area (TPSA) is 76.7 Å². The Morgan fingerprint density at radius 3 is 2.80 bits per heavy atom. The van der Waals surface area contributed by atoms with E-state index in [2.05, 4.69) is 10.6 Å². The van der Waals surface area contributed by atoms with Gasteiger partial charge < -0.3 is 20.1 Å². The van der Waals surface area contributed by atoms with Gasteiger partial charge in [0.25, 0.3) is 11.8 Å². The molecule has 162 valence electrons. The Labute approximate surface area is 185 Å². The maximum absolute atomic E-state index is 12.8. The smallest absolute Gasteiger partial charge is 0.254 e. The Bertz CT molecular complexity index is 884. The van der Waals surface area contributed by atoms with Gasteiger partial charge in [-0.05, 0) is 49.3 Å². The lowest BCUT2D eigenvalue weighted by atomic mass is 9.95.